The first-order valence-corrected chi connectivity index (χ1v) is 20.1. The molecule has 0 aromatic heterocycles. The highest BCUT2D eigenvalue weighted by atomic mass is 32.2. The van der Waals surface area contributed by atoms with Gasteiger partial charge in [-0.1, -0.05) is 180 Å². The minimum absolute atomic E-state index is 0.284. The normalized spacial score (nSPS) is 14.2. The third kappa shape index (κ3) is 29.7. The van der Waals surface area contributed by atoms with Crippen molar-refractivity contribution >= 4 is 16.0 Å². The summed E-state index contributed by atoms with van der Waals surface area (Å²) in [7, 11) is -4.43. The fourth-order valence-electron chi connectivity index (χ4n) is 5.69. The van der Waals surface area contributed by atoms with Gasteiger partial charge in [-0.05, 0) is 19.3 Å². The van der Waals surface area contributed by atoms with Gasteiger partial charge in [0.25, 0.3) is 10.1 Å². The molecule has 4 N–H and O–H groups in total. The molecule has 7 nitrogen and oxygen atoms in total. The highest BCUT2D eigenvalue weighted by Crippen LogP contribution is 2.15. The van der Waals surface area contributed by atoms with Crippen LogP contribution in [0.1, 0.15) is 187 Å². The van der Waals surface area contributed by atoms with Crippen LogP contribution in [0, 0.1) is 0 Å². The lowest BCUT2D eigenvalue weighted by Gasteiger charge is -2.22. The molecular weight excluding hydrogens is 574 g/mol. The zero-order valence-corrected chi connectivity index (χ0v) is 29.5. The lowest BCUT2D eigenvalue weighted by Crippen LogP contribution is -2.50. The summed E-state index contributed by atoms with van der Waals surface area (Å²) in [4.78, 5) is 12.5. The fourth-order valence-corrected chi connectivity index (χ4v) is 6.43. The Hall–Kier alpha value is -0.960. The van der Waals surface area contributed by atoms with Gasteiger partial charge in [-0.2, -0.15) is 8.42 Å². The molecule has 3 atom stereocenters. The number of carbonyl (C=O) groups excluding carboxylic acids is 1. The summed E-state index contributed by atoms with van der Waals surface area (Å²) >= 11 is 0. The van der Waals surface area contributed by atoms with Gasteiger partial charge >= 0.3 is 0 Å². The molecule has 44 heavy (non-hydrogen) atoms. The lowest BCUT2D eigenvalue weighted by molar-refractivity contribution is -0.130. The molecular formula is C36H71NO6S. The summed E-state index contributed by atoms with van der Waals surface area (Å²) in [6.45, 7) is 4.48. The summed E-state index contributed by atoms with van der Waals surface area (Å²) in [5, 5.41) is 23.3. The molecule has 0 aromatic rings. The van der Waals surface area contributed by atoms with Crippen LogP contribution in [0.4, 0.5) is 0 Å². The van der Waals surface area contributed by atoms with Crippen LogP contribution in [0.2, 0.25) is 0 Å². The number of allylic oxidation sites excluding steroid dienone is 1. The molecule has 8 heteroatoms. The number of unbranched alkanes of at least 4 members (excludes halogenated alkanes) is 24. The summed E-state index contributed by atoms with van der Waals surface area (Å²) in [6, 6.07) is -1.22. The predicted molar refractivity (Wildman–Crippen MR) is 186 cm³/mol. The average Bonchev–Trinajstić information content (AvgIpc) is 2.98. The Bertz CT molecular complexity index is 773. The second kappa shape index (κ2) is 30.7. The highest BCUT2D eigenvalue weighted by Gasteiger charge is 2.27. The molecule has 1 amide bonds. The lowest BCUT2D eigenvalue weighted by atomic mass is 10.0. The standard InChI is InChI=1S/C36H71NO6S/c1-3-5-7-9-11-13-15-16-17-18-19-21-22-24-26-28-30-34(38)33(32-44(41,42)43)37-36(40)35(39)31-29-27-25-23-20-14-12-10-8-6-4-2/h28,30,33-35,38-39H,3-27,29,31-32H2,1-2H3,(H,37,40)(H,41,42,43)/b30-28+. The number of amides is 1. The van der Waals surface area contributed by atoms with Gasteiger partial charge in [0.2, 0.25) is 5.91 Å². The van der Waals surface area contributed by atoms with E-state index >= 15 is 0 Å². The van der Waals surface area contributed by atoms with Gasteiger partial charge in [-0.15, -0.1) is 0 Å². The Balaban J connectivity index is 4.10. The smallest absolute Gasteiger partial charge is 0.267 e. The first-order chi connectivity index (χ1) is 21.2. The second-order valence-corrected chi connectivity index (χ2v) is 14.5. The molecule has 3 unspecified atom stereocenters. The van der Waals surface area contributed by atoms with Gasteiger partial charge < -0.3 is 15.5 Å². The first-order valence-electron chi connectivity index (χ1n) is 18.5. The van der Waals surface area contributed by atoms with Gasteiger partial charge in [0.15, 0.2) is 0 Å². The van der Waals surface area contributed by atoms with E-state index in [2.05, 4.69) is 19.2 Å². The van der Waals surface area contributed by atoms with Gasteiger partial charge in [-0.25, -0.2) is 0 Å². The molecule has 0 fully saturated rings. The maximum absolute atomic E-state index is 12.5. The zero-order valence-electron chi connectivity index (χ0n) is 28.7. The van der Waals surface area contributed by atoms with E-state index in [0.717, 1.165) is 38.5 Å². The molecule has 0 aliphatic heterocycles. The van der Waals surface area contributed by atoms with Gasteiger partial charge in [-0.3, -0.25) is 9.35 Å². The van der Waals surface area contributed by atoms with Crippen molar-refractivity contribution in [3.05, 3.63) is 12.2 Å². The van der Waals surface area contributed by atoms with Crippen molar-refractivity contribution in [3.8, 4) is 0 Å². The van der Waals surface area contributed by atoms with Crippen LogP contribution in [-0.2, 0) is 14.9 Å². The van der Waals surface area contributed by atoms with Crippen LogP contribution in [0.3, 0.4) is 0 Å². The molecule has 0 spiro atoms. The first kappa shape index (κ1) is 43.0. The molecule has 0 aliphatic carbocycles. The maximum Gasteiger partial charge on any atom is 0.267 e. The topological polar surface area (TPSA) is 124 Å². The summed E-state index contributed by atoms with van der Waals surface area (Å²) in [6.07, 6.45) is 32.7. The van der Waals surface area contributed by atoms with E-state index in [1.807, 2.05) is 0 Å². The molecule has 0 radical (unpaired) electrons. The van der Waals surface area contributed by atoms with Crippen molar-refractivity contribution in [2.45, 2.75) is 205 Å². The number of rotatable bonds is 33. The Morgan fingerprint density at radius 3 is 1.36 bits per heavy atom. The Morgan fingerprint density at radius 1 is 0.614 bits per heavy atom. The third-order valence-corrected chi connectivity index (χ3v) is 9.35. The maximum atomic E-state index is 12.5. The second-order valence-electron chi connectivity index (χ2n) is 13.0. The van der Waals surface area contributed by atoms with E-state index in [1.54, 1.807) is 6.08 Å². The van der Waals surface area contributed by atoms with E-state index in [-0.39, 0.29) is 6.42 Å². The third-order valence-electron chi connectivity index (χ3n) is 8.57. The van der Waals surface area contributed by atoms with Crippen LogP contribution >= 0.6 is 0 Å². The van der Waals surface area contributed by atoms with E-state index in [0.29, 0.717) is 6.42 Å². The van der Waals surface area contributed by atoms with E-state index in [4.69, 9.17) is 0 Å². The SMILES string of the molecule is CCCCCCCCCCCCCCCC/C=C/C(O)C(CS(=O)(=O)O)NC(=O)C(O)CCCCCCCCCCCCC. The summed E-state index contributed by atoms with van der Waals surface area (Å²) < 4.78 is 32.4. The van der Waals surface area contributed by atoms with Crippen LogP contribution in [0.5, 0.6) is 0 Å². The van der Waals surface area contributed by atoms with Crippen molar-refractivity contribution in [2.24, 2.45) is 0 Å². The number of aliphatic hydroxyl groups is 2. The van der Waals surface area contributed by atoms with Gasteiger partial charge in [0.05, 0.1) is 17.9 Å². The number of hydrogen-bond donors (Lipinski definition) is 4. The van der Waals surface area contributed by atoms with Crippen LogP contribution in [0.15, 0.2) is 12.2 Å². The van der Waals surface area contributed by atoms with E-state index < -0.39 is 40.0 Å². The molecule has 0 rings (SSSR count). The Morgan fingerprint density at radius 2 is 0.977 bits per heavy atom. The Labute approximate surface area is 272 Å². The van der Waals surface area contributed by atoms with Crippen molar-refractivity contribution in [3.63, 3.8) is 0 Å². The van der Waals surface area contributed by atoms with Crippen LogP contribution in [0.25, 0.3) is 0 Å². The summed E-state index contributed by atoms with van der Waals surface area (Å²) in [5.74, 6) is -1.53. The van der Waals surface area contributed by atoms with E-state index in [9.17, 15) is 28.0 Å². The fraction of sp³-hybridized carbons (Fsp3) is 0.917. The minimum Gasteiger partial charge on any atom is -0.387 e. The number of aliphatic hydroxyl groups excluding tert-OH is 2. The van der Waals surface area contributed by atoms with Gasteiger partial charge in [0.1, 0.15) is 6.10 Å². The highest BCUT2D eigenvalue weighted by molar-refractivity contribution is 7.85. The minimum atomic E-state index is -4.43. The zero-order chi connectivity index (χ0) is 32.7. The molecule has 0 heterocycles. The summed E-state index contributed by atoms with van der Waals surface area (Å²) in [5.41, 5.74) is 0. The molecule has 0 saturated carbocycles. The molecule has 0 saturated heterocycles. The van der Waals surface area contributed by atoms with Crippen LogP contribution in [-0.4, -0.2) is 53.1 Å². The Kier molecular flexibility index (Phi) is 30.0. The number of hydrogen-bond acceptors (Lipinski definition) is 5. The predicted octanol–water partition coefficient (Wildman–Crippen LogP) is 9.21. The molecule has 0 aromatic carbocycles. The molecule has 0 aliphatic rings. The quantitative estimate of drug-likeness (QED) is 0.0320. The number of nitrogens with one attached hydrogen (secondary N) is 1. The molecule has 262 valence electrons. The average molecular weight is 646 g/mol. The van der Waals surface area contributed by atoms with Crippen molar-refractivity contribution < 1.29 is 28.0 Å². The van der Waals surface area contributed by atoms with Crippen molar-refractivity contribution in [1.82, 2.24) is 5.32 Å². The number of carbonyl (C=O) groups is 1. The van der Waals surface area contributed by atoms with Crippen LogP contribution < -0.4 is 5.32 Å². The molecule has 0 bridgehead atoms. The van der Waals surface area contributed by atoms with E-state index in [1.165, 1.54) is 128 Å². The van der Waals surface area contributed by atoms with Crippen molar-refractivity contribution in [2.75, 3.05) is 5.75 Å². The largest absolute Gasteiger partial charge is 0.387 e. The monoisotopic (exact) mass is 646 g/mol. The van der Waals surface area contributed by atoms with Gasteiger partial charge in [0, 0.05) is 0 Å². The van der Waals surface area contributed by atoms with Crippen molar-refractivity contribution in [1.29, 1.82) is 0 Å².